The molecule has 0 aliphatic carbocycles. The molecule has 3 rings (SSSR count). The van der Waals surface area contributed by atoms with Crippen LogP contribution in [0.1, 0.15) is 12.8 Å². The molecule has 2 aromatic rings. The number of hydrogen-bond acceptors (Lipinski definition) is 4. The van der Waals surface area contributed by atoms with Crippen LogP contribution in [0.3, 0.4) is 0 Å². The molecule has 1 saturated heterocycles. The van der Waals surface area contributed by atoms with Gasteiger partial charge in [0.25, 0.3) is 0 Å². The van der Waals surface area contributed by atoms with E-state index in [1.807, 2.05) is 30.5 Å². The monoisotopic (exact) mass is 288 g/mol. The Morgan fingerprint density at radius 2 is 2.05 bits per heavy atom. The minimum atomic E-state index is 0.311. The Morgan fingerprint density at radius 3 is 2.80 bits per heavy atom. The molecule has 1 aliphatic rings. The van der Waals surface area contributed by atoms with Crippen molar-refractivity contribution in [3.63, 3.8) is 0 Å². The van der Waals surface area contributed by atoms with Crippen molar-refractivity contribution in [1.82, 2.24) is 9.97 Å². The van der Waals surface area contributed by atoms with Gasteiger partial charge in [0.05, 0.1) is 17.6 Å². The number of aromatic nitrogens is 2. The van der Waals surface area contributed by atoms with E-state index >= 15 is 0 Å². The summed E-state index contributed by atoms with van der Waals surface area (Å²) in [6.45, 7) is 1.89. The second-order valence-electron chi connectivity index (χ2n) is 5.09. The van der Waals surface area contributed by atoms with E-state index in [4.69, 9.17) is 17.3 Å². The SMILES string of the molecule is NC1CCN(c2cncnc2-c2cccc(Cl)c2)CC1. The highest BCUT2D eigenvalue weighted by atomic mass is 35.5. The molecule has 0 saturated carbocycles. The first-order valence-corrected chi connectivity index (χ1v) is 7.18. The molecule has 0 spiro atoms. The van der Waals surface area contributed by atoms with Gasteiger partial charge in [0.2, 0.25) is 0 Å². The molecule has 4 nitrogen and oxygen atoms in total. The van der Waals surface area contributed by atoms with Gasteiger partial charge in [-0.25, -0.2) is 9.97 Å². The lowest BCUT2D eigenvalue weighted by atomic mass is 10.0. The Morgan fingerprint density at radius 1 is 1.25 bits per heavy atom. The highest BCUT2D eigenvalue weighted by Crippen LogP contribution is 2.30. The van der Waals surface area contributed by atoms with Crippen LogP contribution >= 0.6 is 11.6 Å². The predicted octanol–water partition coefficient (Wildman–Crippen LogP) is 2.72. The Hall–Kier alpha value is -1.65. The van der Waals surface area contributed by atoms with E-state index in [0.717, 1.165) is 42.9 Å². The quantitative estimate of drug-likeness (QED) is 0.923. The van der Waals surface area contributed by atoms with Crippen molar-refractivity contribution in [3.05, 3.63) is 41.8 Å². The van der Waals surface area contributed by atoms with Crippen LogP contribution in [-0.2, 0) is 0 Å². The first kappa shape index (κ1) is 13.3. The molecule has 1 aromatic carbocycles. The second-order valence-corrected chi connectivity index (χ2v) is 5.53. The van der Waals surface area contributed by atoms with Crippen LogP contribution in [-0.4, -0.2) is 29.1 Å². The van der Waals surface area contributed by atoms with Gasteiger partial charge >= 0.3 is 0 Å². The Balaban J connectivity index is 1.96. The summed E-state index contributed by atoms with van der Waals surface area (Å²) in [4.78, 5) is 10.9. The van der Waals surface area contributed by atoms with Crippen molar-refractivity contribution >= 4 is 17.3 Å². The summed E-state index contributed by atoms with van der Waals surface area (Å²) in [7, 11) is 0. The number of anilines is 1. The van der Waals surface area contributed by atoms with E-state index in [1.165, 1.54) is 0 Å². The molecule has 104 valence electrons. The lowest BCUT2D eigenvalue weighted by Crippen LogP contribution is -2.40. The minimum absolute atomic E-state index is 0.311. The van der Waals surface area contributed by atoms with Crippen LogP contribution in [0.25, 0.3) is 11.3 Å². The molecule has 1 fully saturated rings. The molecule has 0 amide bonds. The molecule has 5 heteroatoms. The number of hydrogen-bond donors (Lipinski definition) is 1. The number of benzene rings is 1. The van der Waals surface area contributed by atoms with Crippen LogP contribution in [0.2, 0.25) is 5.02 Å². The fraction of sp³-hybridized carbons (Fsp3) is 0.333. The molecule has 0 bridgehead atoms. The zero-order chi connectivity index (χ0) is 13.9. The smallest absolute Gasteiger partial charge is 0.116 e. The molecular formula is C15H17ClN4. The van der Waals surface area contributed by atoms with Gasteiger partial charge in [-0.3, -0.25) is 0 Å². The van der Waals surface area contributed by atoms with Crippen molar-refractivity contribution in [2.75, 3.05) is 18.0 Å². The molecule has 0 unspecified atom stereocenters. The molecular weight excluding hydrogens is 272 g/mol. The van der Waals surface area contributed by atoms with Gasteiger partial charge in [0.15, 0.2) is 0 Å². The summed E-state index contributed by atoms with van der Waals surface area (Å²) >= 11 is 6.08. The van der Waals surface area contributed by atoms with Crippen LogP contribution in [0, 0.1) is 0 Å². The Bertz CT molecular complexity index is 594. The van der Waals surface area contributed by atoms with Gasteiger partial charge in [0.1, 0.15) is 6.33 Å². The van der Waals surface area contributed by atoms with Crippen LogP contribution < -0.4 is 10.6 Å². The molecule has 0 radical (unpaired) electrons. The molecule has 1 aromatic heterocycles. The first-order valence-electron chi connectivity index (χ1n) is 6.80. The summed E-state index contributed by atoms with van der Waals surface area (Å²) < 4.78 is 0. The third-order valence-corrected chi connectivity index (χ3v) is 3.91. The standard InChI is InChI=1S/C15H17ClN4/c16-12-3-1-2-11(8-12)15-14(9-18-10-19-15)20-6-4-13(17)5-7-20/h1-3,8-10,13H,4-7,17H2. The summed E-state index contributed by atoms with van der Waals surface area (Å²) in [5.74, 6) is 0. The van der Waals surface area contributed by atoms with Gasteiger partial charge < -0.3 is 10.6 Å². The van der Waals surface area contributed by atoms with Crippen molar-refractivity contribution in [1.29, 1.82) is 0 Å². The number of rotatable bonds is 2. The number of halogens is 1. The van der Waals surface area contributed by atoms with E-state index < -0.39 is 0 Å². The third kappa shape index (κ3) is 2.76. The van der Waals surface area contributed by atoms with Gasteiger partial charge in [-0.15, -0.1) is 0 Å². The van der Waals surface area contributed by atoms with Crippen LogP contribution in [0.15, 0.2) is 36.8 Å². The summed E-state index contributed by atoms with van der Waals surface area (Å²) in [5.41, 5.74) is 8.97. The van der Waals surface area contributed by atoms with Gasteiger partial charge in [0, 0.05) is 29.7 Å². The zero-order valence-electron chi connectivity index (χ0n) is 11.2. The normalized spacial score (nSPS) is 16.4. The first-order chi connectivity index (χ1) is 9.74. The maximum absolute atomic E-state index is 6.08. The van der Waals surface area contributed by atoms with Gasteiger partial charge in [-0.1, -0.05) is 23.7 Å². The Labute approximate surface area is 123 Å². The zero-order valence-corrected chi connectivity index (χ0v) is 11.9. The molecule has 0 atom stereocenters. The van der Waals surface area contributed by atoms with E-state index in [9.17, 15) is 0 Å². The fourth-order valence-corrected chi connectivity index (χ4v) is 2.74. The maximum atomic E-state index is 6.08. The number of piperidine rings is 1. The number of nitrogens with two attached hydrogens (primary N) is 1. The molecule has 20 heavy (non-hydrogen) atoms. The van der Waals surface area contributed by atoms with Gasteiger partial charge in [-0.2, -0.15) is 0 Å². The minimum Gasteiger partial charge on any atom is -0.368 e. The van der Waals surface area contributed by atoms with Gasteiger partial charge in [-0.05, 0) is 25.0 Å². The maximum Gasteiger partial charge on any atom is 0.116 e. The van der Waals surface area contributed by atoms with E-state index in [0.29, 0.717) is 11.1 Å². The van der Waals surface area contributed by atoms with Crippen molar-refractivity contribution in [2.24, 2.45) is 5.73 Å². The summed E-state index contributed by atoms with van der Waals surface area (Å²) in [6.07, 6.45) is 5.46. The summed E-state index contributed by atoms with van der Waals surface area (Å²) in [5, 5.41) is 0.715. The largest absolute Gasteiger partial charge is 0.368 e. The van der Waals surface area contributed by atoms with E-state index in [-0.39, 0.29) is 0 Å². The van der Waals surface area contributed by atoms with Crippen molar-refractivity contribution < 1.29 is 0 Å². The van der Waals surface area contributed by atoms with Crippen LogP contribution in [0.4, 0.5) is 5.69 Å². The highest BCUT2D eigenvalue weighted by molar-refractivity contribution is 6.30. The molecule has 2 heterocycles. The van der Waals surface area contributed by atoms with Crippen molar-refractivity contribution in [3.8, 4) is 11.3 Å². The lowest BCUT2D eigenvalue weighted by molar-refractivity contribution is 0.501. The lowest BCUT2D eigenvalue weighted by Gasteiger charge is -2.32. The fourth-order valence-electron chi connectivity index (χ4n) is 2.55. The average Bonchev–Trinajstić information content (AvgIpc) is 2.48. The highest BCUT2D eigenvalue weighted by Gasteiger charge is 2.20. The predicted molar refractivity (Wildman–Crippen MR) is 81.9 cm³/mol. The van der Waals surface area contributed by atoms with Crippen LogP contribution in [0.5, 0.6) is 0 Å². The average molecular weight is 289 g/mol. The van der Waals surface area contributed by atoms with Crippen molar-refractivity contribution in [2.45, 2.75) is 18.9 Å². The topological polar surface area (TPSA) is 55.0 Å². The number of nitrogens with zero attached hydrogens (tertiary/aromatic N) is 3. The molecule has 1 aliphatic heterocycles. The third-order valence-electron chi connectivity index (χ3n) is 3.67. The Kier molecular flexibility index (Phi) is 3.85. The summed E-state index contributed by atoms with van der Waals surface area (Å²) in [6, 6.07) is 8.07. The molecule has 2 N–H and O–H groups in total. The van der Waals surface area contributed by atoms with E-state index in [2.05, 4.69) is 14.9 Å². The second kappa shape index (κ2) is 5.77. The van der Waals surface area contributed by atoms with E-state index in [1.54, 1.807) is 6.33 Å².